The Morgan fingerprint density at radius 1 is 1.16 bits per heavy atom. The topological polar surface area (TPSA) is 68.5 Å². The van der Waals surface area contributed by atoms with Crippen LogP contribution in [0.4, 0.5) is 5.69 Å². The fourth-order valence-electron chi connectivity index (χ4n) is 3.59. The Labute approximate surface area is 144 Å². The fourth-order valence-corrected chi connectivity index (χ4v) is 3.59. The van der Waals surface area contributed by atoms with E-state index in [0.29, 0.717) is 0 Å². The van der Waals surface area contributed by atoms with Crippen molar-refractivity contribution >= 4 is 27.9 Å². The van der Waals surface area contributed by atoms with Crippen molar-refractivity contribution in [2.75, 3.05) is 32.5 Å². The summed E-state index contributed by atoms with van der Waals surface area (Å²) >= 11 is 0. The third-order valence-corrected chi connectivity index (χ3v) is 4.68. The number of hydrogen-bond donors (Lipinski definition) is 1. The summed E-state index contributed by atoms with van der Waals surface area (Å²) in [7, 11) is 4.12. The van der Waals surface area contributed by atoms with Crippen LogP contribution in [-0.2, 0) is 4.79 Å². The van der Waals surface area contributed by atoms with Crippen LogP contribution in [0.25, 0.3) is 16.3 Å². The minimum Gasteiger partial charge on any atom is -0.320 e. The van der Waals surface area contributed by atoms with E-state index in [1.165, 1.54) is 0 Å². The van der Waals surface area contributed by atoms with Gasteiger partial charge in [-0.3, -0.25) is 9.79 Å². The van der Waals surface area contributed by atoms with Crippen LogP contribution in [0.5, 0.6) is 0 Å². The van der Waals surface area contributed by atoms with Crippen molar-refractivity contribution in [3.63, 3.8) is 0 Å². The Hall–Kier alpha value is -2.97. The molecule has 0 radical (unpaired) electrons. The molecule has 5 nitrogen and oxygen atoms in total. The third-order valence-electron chi connectivity index (χ3n) is 4.68. The van der Waals surface area contributed by atoms with Gasteiger partial charge in [0.15, 0.2) is 0 Å². The van der Waals surface area contributed by atoms with Crippen LogP contribution in [0.1, 0.15) is 6.42 Å². The maximum absolute atomic E-state index is 12.0. The highest BCUT2D eigenvalue weighted by atomic mass is 16.1. The lowest BCUT2D eigenvalue weighted by atomic mass is 10.1. The van der Waals surface area contributed by atoms with E-state index in [0.717, 1.165) is 57.0 Å². The van der Waals surface area contributed by atoms with Gasteiger partial charge in [-0.05, 0) is 38.3 Å². The molecule has 0 fully saturated rings. The van der Waals surface area contributed by atoms with E-state index in [1.54, 1.807) is 0 Å². The van der Waals surface area contributed by atoms with Gasteiger partial charge in [-0.15, -0.1) is 0 Å². The Morgan fingerprint density at radius 3 is 2.72 bits per heavy atom. The molecule has 0 spiro atoms. The van der Waals surface area contributed by atoms with E-state index >= 15 is 0 Å². The summed E-state index contributed by atoms with van der Waals surface area (Å²) in [6, 6.07) is 12.1. The van der Waals surface area contributed by atoms with Crippen LogP contribution in [-0.4, -0.2) is 38.0 Å². The van der Waals surface area contributed by atoms with Crippen molar-refractivity contribution in [2.24, 2.45) is 4.99 Å². The molecule has 0 saturated carbocycles. The molecule has 1 N–H and O–H groups in total. The van der Waals surface area contributed by atoms with Gasteiger partial charge < -0.3 is 10.2 Å². The zero-order chi connectivity index (χ0) is 17.6. The SMILES string of the molecule is CN(C)CCCN=c1ccc2c3c(c4cccc1c4=2)NC(=O)C=3C#N. The summed E-state index contributed by atoms with van der Waals surface area (Å²) in [5, 5.41) is 18.0. The van der Waals surface area contributed by atoms with Crippen LogP contribution in [0.15, 0.2) is 35.3 Å². The molecule has 0 aromatic heterocycles. The highest BCUT2D eigenvalue weighted by Gasteiger charge is 2.25. The van der Waals surface area contributed by atoms with E-state index in [9.17, 15) is 10.1 Å². The Morgan fingerprint density at radius 2 is 1.96 bits per heavy atom. The Balaban J connectivity index is 1.98. The molecule has 1 amide bonds. The molecule has 2 aliphatic carbocycles. The van der Waals surface area contributed by atoms with Crippen LogP contribution < -0.4 is 15.9 Å². The Bertz CT molecular complexity index is 1200. The zero-order valence-corrected chi connectivity index (χ0v) is 14.3. The molecule has 0 unspecified atom stereocenters. The van der Waals surface area contributed by atoms with Crippen molar-refractivity contribution in [1.82, 2.24) is 4.90 Å². The monoisotopic (exact) mass is 330 g/mol. The molecular weight excluding hydrogens is 312 g/mol. The van der Waals surface area contributed by atoms with Crippen molar-refractivity contribution in [1.29, 1.82) is 5.26 Å². The number of fused-ring (bicyclic) bond motifs is 3. The number of amides is 1. The maximum atomic E-state index is 12.0. The fraction of sp³-hybridized carbons (Fsp3) is 0.250. The molecule has 0 bridgehead atoms. The van der Waals surface area contributed by atoms with Gasteiger partial charge in [0.1, 0.15) is 11.6 Å². The first-order chi connectivity index (χ1) is 12.1. The van der Waals surface area contributed by atoms with Gasteiger partial charge in [-0.25, -0.2) is 0 Å². The smallest absolute Gasteiger partial charge is 0.267 e. The lowest BCUT2D eigenvalue weighted by Crippen LogP contribution is -2.14. The summed E-state index contributed by atoms with van der Waals surface area (Å²) in [4.78, 5) is 18.9. The normalized spacial score (nSPS) is 14.6. The average molecular weight is 330 g/mol. The lowest BCUT2D eigenvalue weighted by Gasteiger charge is -2.06. The van der Waals surface area contributed by atoms with Crippen LogP contribution in [0.2, 0.25) is 0 Å². The molecule has 1 aromatic rings. The minimum absolute atomic E-state index is 0.197. The first-order valence-corrected chi connectivity index (χ1v) is 8.33. The van der Waals surface area contributed by atoms with Gasteiger partial charge in [0.2, 0.25) is 0 Å². The molecule has 1 aliphatic heterocycles. The van der Waals surface area contributed by atoms with Crippen molar-refractivity contribution < 1.29 is 4.79 Å². The van der Waals surface area contributed by atoms with E-state index < -0.39 is 0 Å². The van der Waals surface area contributed by atoms with Gasteiger partial charge in [0, 0.05) is 27.8 Å². The zero-order valence-electron chi connectivity index (χ0n) is 14.3. The average Bonchev–Trinajstić information content (AvgIpc) is 3.08. The second kappa shape index (κ2) is 5.83. The number of hydrogen-bond acceptors (Lipinski definition) is 4. The molecule has 1 heterocycles. The molecule has 5 heteroatoms. The van der Waals surface area contributed by atoms with E-state index in [4.69, 9.17) is 4.99 Å². The van der Waals surface area contributed by atoms with Crippen LogP contribution in [0.3, 0.4) is 0 Å². The molecule has 124 valence electrons. The van der Waals surface area contributed by atoms with E-state index in [2.05, 4.69) is 30.4 Å². The van der Waals surface area contributed by atoms with Gasteiger partial charge in [0.25, 0.3) is 5.91 Å². The van der Waals surface area contributed by atoms with E-state index in [1.807, 2.05) is 30.3 Å². The summed E-state index contributed by atoms with van der Waals surface area (Å²) in [6.45, 7) is 1.78. The second-order valence-electron chi connectivity index (χ2n) is 6.59. The van der Waals surface area contributed by atoms with Crippen molar-refractivity contribution in [3.05, 3.63) is 51.3 Å². The number of carbonyl (C=O) groups excluding carboxylic acids is 1. The number of anilines is 1. The minimum atomic E-state index is -0.312. The maximum Gasteiger partial charge on any atom is 0.267 e. The lowest BCUT2D eigenvalue weighted by molar-refractivity contribution is -0.110. The number of nitrogens with one attached hydrogen (secondary N) is 1. The molecule has 3 aliphatic rings. The number of carbonyl (C=O) groups is 1. The number of benzene rings is 1. The predicted octanol–water partition coefficient (Wildman–Crippen LogP) is 1.20. The Kier molecular flexibility index (Phi) is 3.63. The predicted molar refractivity (Wildman–Crippen MR) is 96.9 cm³/mol. The number of nitrogens with zero attached hydrogens (tertiary/aromatic N) is 3. The van der Waals surface area contributed by atoms with Gasteiger partial charge in [-0.2, -0.15) is 5.26 Å². The quantitative estimate of drug-likeness (QED) is 0.731. The van der Waals surface area contributed by atoms with Gasteiger partial charge in [0.05, 0.1) is 11.0 Å². The standard InChI is InChI=1S/C20H18N4O/c1-24(2)10-4-9-22-16-8-7-13-17-12(16)5-3-6-14(17)19-18(13)15(11-21)20(25)23-19/h3,5-8H,4,9-10H2,1-2H3,(H,23,25). The van der Waals surface area contributed by atoms with Crippen molar-refractivity contribution in [3.8, 4) is 6.07 Å². The van der Waals surface area contributed by atoms with Crippen molar-refractivity contribution in [2.45, 2.75) is 6.42 Å². The first-order valence-electron chi connectivity index (χ1n) is 8.33. The number of nitriles is 1. The summed E-state index contributed by atoms with van der Waals surface area (Å²) in [5.41, 5.74) is 0.954. The van der Waals surface area contributed by atoms with Gasteiger partial charge >= 0.3 is 0 Å². The second-order valence-corrected chi connectivity index (χ2v) is 6.59. The molecule has 4 rings (SSSR count). The molecular formula is C20H18N4O. The third kappa shape index (κ3) is 2.34. The van der Waals surface area contributed by atoms with Gasteiger partial charge in [-0.1, -0.05) is 24.3 Å². The van der Waals surface area contributed by atoms with Crippen LogP contribution in [0, 0.1) is 21.8 Å². The van der Waals surface area contributed by atoms with Crippen LogP contribution >= 0.6 is 0 Å². The number of rotatable bonds is 4. The largest absolute Gasteiger partial charge is 0.320 e. The summed E-state index contributed by atoms with van der Waals surface area (Å²) in [6.07, 6.45) is 1.01. The first kappa shape index (κ1) is 15.6. The highest BCUT2D eigenvalue weighted by molar-refractivity contribution is 6.30. The van der Waals surface area contributed by atoms with E-state index in [-0.39, 0.29) is 11.5 Å². The molecule has 0 saturated heterocycles. The summed E-state index contributed by atoms with van der Waals surface area (Å²) in [5.74, 6) is -0.312. The molecule has 25 heavy (non-hydrogen) atoms. The molecule has 0 atom stereocenters. The molecule has 1 aromatic carbocycles. The highest BCUT2D eigenvalue weighted by Crippen LogP contribution is 2.25. The summed E-state index contributed by atoms with van der Waals surface area (Å²) < 4.78 is 0.